The topological polar surface area (TPSA) is 55.9 Å². The molecule has 1 aromatic rings. The molecule has 4 unspecified atom stereocenters. The first kappa shape index (κ1) is 15.0. The van der Waals surface area contributed by atoms with Gasteiger partial charge in [0.2, 0.25) is 0 Å². The van der Waals surface area contributed by atoms with Crippen molar-refractivity contribution >= 4 is 0 Å². The SMILES string of the molecule is CCCn1ccnc1C(NN)C1CCC2CCCCC2C1. The Morgan fingerprint density at radius 2 is 2.10 bits per heavy atom. The lowest BCUT2D eigenvalue weighted by molar-refractivity contribution is 0.106. The highest BCUT2D eigenvalue weighted by atomic mass is 15.3. The van der Waals surface area contributed by atoms with E-state index >= 15 is 0 Å². The Kier molecular flexibility index (Phi) is 4.96. The van der Waals surface area contributed by atoms with E-state index in [1.165, 1.54) is 44.9 Å². The Morgan fingerprint density at radius 1 is 1.29 bits per heavy atom. The Bertz CT molecular complexity index is 442. The highest BCUT2D eigenvalue weighted by Gasteiger charge is 2.36. The molecule has 2 aliphatic rings. The second-order valence-electron chi connectivity index (χ2n) is 7.00. The predicted octanol–water partition coefficient (Wildman–Crippen LogP) is 3.40. The van der Waals surface area contributed by atoms with Gasteiger partial charge < -0.3 is 4.57 Å². The van der Waals surface area contributed by atoms with E-state index in [9.17, 15) is 0 Å². The van der Waals surface area contributed by atoms with E-state index in [1.807, 2.05) is 6.20 Å². The van der Waals surface area contributed by atoms with Gasteiger partial charge in [-0.2, -0.15) is 0 Å². The number of hydrazine groups is 1. The summed E-state index contributed by atoms with van der Waals surface area (Å²) < 4.78 is 2.28. The number of fused-ring (bicyclic) bond motifs is 1. The Morgan fingerprint density at radius 3 is 2.86 bits per heavy atom. The summed E-state index contributed by atoms with van der Waals surface area (Å²) in [5.74, 6) is 9.63. The molecule has 1 heterocycles. The molecule has 0 amide bonds. The van der Waals surface area contributed by atoms with Crippen molar-refractivity contribution in [1.29, 1.82) is 0 Å². The number of aryl methyl sites for hydroxylation is 1. The van der Waals surface area contributed by atoms with Crippen molar-refractivity contribution < 1.29 is 0 Å². The van der Waals surface area contributed by atoms with Gasteiger partial charge in [0.25, 0.3) is 0 Å². The van der Waals surface area contributed by atoms with Gasteiger partial charge in [-0.3, -0.25) is 5.84 Å². The first-order valence-electron chi connectivity index (χ1n) is 8.80. The van der Waals surface area contributed by atoms with E-state index in [0.29, 0.717) is 5.92 Å². The number of nitrogens with one attached hydrogen (secondary N) is 1. The maximum absolute atomic E-state index is 5.92. The number of nitrogens with two attached hydrogens (primary N) is 1. The van der Waals surface area contributed by atoms with E-state index in [-0.39, 0.29) is 6.04 Å². The van der Waals surface area contributed by atoms with Crippen LogP contribution in [-0.2, 0) is 6.54 Å². The quantitative estimate of drug-likeness (QED) is 0.645. The summed E-state index contributed by atoms with van der Waals surface area (Å²) in [6.07, 6.45) is 14.9. The fourth-order valence-electron chi connectivity index (χ4n) is 4.66. The fraction of sp³-hybridized carbons (Fsp3) is 0.824. The summed E-state index contributed by atoms with van der Waals surface area (Å²) >= 11 is 0. The maximum Gasteiger partial charge on any atom is 0.127 e. The van der Waals surface area contributed by atoms with E-state index in [0.717, 1.165) is 30.6 Å². The molecule has 0 saturated heterocycles. The number of hydrogen-bond donors (Lipinski definition) is 2. The zero-order valence-electron chi connectivity index (χ0n) is 13.3. The molecule has 0 radical (unpaired) electrons. The molecular weight excluding hydrogens is 260 g/mol. The normalized spacial score (nSPS) is 30.9. The predicted molar refractivity (Wildman–Crippen MR) is 85.4 cm³/mol. The summed E-state index contributed by atoms with van der Waals surface area (Å²) in [6, 6.07) is 0.217. The van der Waals surface area contributed by atoms with Crippen molar-refractivity contribution in [3.8, 4) is 0 Å². The molecule has 4 heteroatoms. The molecule has 1 aromatic heterocycles. The molecule has 2 saturated carbocycles. The Labute approximate surface area is 128 Å². The third-order valence-corrected chi connectivity index (χ3v) is 5.72. The highest BCUT2D eigenvalue weighted by Crippen LogP contribution is 2.45. The lowest BCUT2D eigenvalue weighted by atomic mass is 9.66. The van der Waals surface area contributed by atoms with Crippen molar-refractivity contribution in [2.24, 2.45) is 23.6 Å². The number of nitrogens with zero attached hydrogens (tertiary/aromatic N) is 2. The molecule has 118 valence electrons. The van der Waals surface area contributed by atoms with Gasteiger partial charge in [0.05, 0.1) is 6.04 Å². The Hall–Kier alpha value is -0.870. The van der Waals surface area contributed by atoms with Crippen LogP contribution in [0.25, 0.3) is 0 Å². The van der Waals surface area contributed by atoms with Gasteiger partial charge in [-0.05, 0) is 43.4 Å². The zero-order chi connectivity index (χ0) is 14.7. The van der Waals surface area contributed by atoms with Gasteiger partial charge in [0.15, 0.2) is 0 Å². The van der Waals surface area contributed by atoms with Crippen LogP contribution in [0.3, 0.4) is 0 Å². The average molecular weight is 290 g/mol. The van der Waals surface area contributed by atoms with E-state index < -0.39 is 0 Å². The van der Waals surface area contributed by atoms with Gasteiger partial charge >= 0.3 is 0 Å². The number of rotatable bonds is 5. The van der Waals surface area contributed by atoms with Crippen molar-refractivity contribution in [3.05, 3.63) is 18.2 Å². The lowest BCUT2D eigenvalue weighted by Gasteiger charge is -2.41. The standard InChI is InChI=1S/C17H30N4/c1-2-10-21-11-9-19-17(21)16(20-18)15-8-7-13-5-3-4-6-14(13)12-15/h9,11,13-16,20H,2-8,10,12,18H2,1H3. The van der Waals surface area contributed by atoms with Crippen molar-refractivity contribution in [1.82, 2.24) is 15.0 Å². The second kappa shape index (κ2) is 6.93. The number of imidazole rings is 1. The molecule has 2 fully saturated rings. The molecular formula is C17H30N4. The number of aromatic nitrogens is 2. The first-order valence-corrected chi connectivity index (χ1v) is 8.80. The van der Waals surface area contributed by atoms with Crippen LogP contribution < -0.4 is 11.3 Å². The molecule has 3 rings (SSSR count). The first-order chi connectivity index (χ1) is 10.3. The molecule has 0 aromatic carbocycles. The van der Waals surface area contributed by atoms with Crippen LogP contribution in [0.4, 0.5) is 0 Å². The maximum atomic E-state index is 5.92. The van der Waals surface area contributed by atoms with Gasteiger partial charge in [0.1, 0.15) is 5.82 Å². The van der Waals surface area contributed by atoms with E-state index in [2.05, 4.69) is 28.1 Å². The molecule has 21 heavy (non-hydrogen) atoms. The third kappa shape index (κ3) is 3.16. The van der Waals surface area contributed by atoms with Crippen LogP contribution in [0.2, 0.25) is 0 Å². The van der Waals surface area contributed by atoms with Gasteiger partial charge in [-0.15, -0.1) is 0 Å². The van der Waals surface area contributed by atoms with Crippen LogP contribution in [0, 0.1) is 17.8 Å². The van der Waals surface area contributed by atoms with Crippen LogP contribution in [0.1, 0.15) is 70.2 Å². The summed E-state index contributed by atoms with van der Waals surface area (Å²) in [6.45, 7) is 3.24. The second-order valence-corrected chi connectivity index (χ2v) is 7.00. The molecule has 4 nitrogen and oxygen atoms in total. The fourth-order valence-corrected chi connectivity index (χ4v) is 4.66. The molecule has 2 aliphatic carbocycles. The van der Waals surface area contributed by atoms with Crippen molar-refractivity contribution in [2.75, 3.05) is 0 Å². The minimum absolute atomic E-state index is 0.217. The van der Waals surface area contributed by atoms with Crippen LogP contribution in [0.5, 0.6) is 0 Å². The van der Waals surface area contributed by atoms with E-state index in [1.54, 1.807) is 0 Å². The monoisotopic (exact) mass is 290 g/mol. The van der Waals surface area contributed by atoms with Gasteiger partial charge in [-0.1, -0.05) is 32.6 Å². The largest absolute Gasteiger partial charge is 0.334 e. The Balaban J connectivity index is 1.72. The molecule has 3 N–H and O–H groups in total. The van der Waals surface area contributed by atoms with E-state index in [4.69, 9.17) is 5.84 Å². The summed E-state index contributed by atoms with van der Waals surface area (Å²) in [5, 5.41) is 0. The zero-order valence-corrected chi connectivity index (χ0v) is 13.3. The van der Waals surface area contributed by atoms with Crippen LogP contribution in [-0.4, -0.2) is 9.55 Å². The molecule has 0 spiro atoms. The summed E-state index contributed by atoms with van der Waals surface area (Å²) in [4.78, 5) is 4.61. The average Bonchev–Trinajstić information content (AvgIpc) is 2.97. The third-order valence-electron chi connectivity index (χ3n) is 5.72. The van der Waals surface area contributed by atoms with Gasteiger partial charge in [0, 0.05) is 18.9 Å². The smallest absolute Gasteiger partial charge is 0.127 e. The summed E-state index contributed by atoms with van der Waals surface area (Å²) in [5.41, 5.74) is 3.09. The van der Waals surface area contributed by atoms with Crippen molar-refractivity contribution in [2.45, 2.75) is 70.9 Å². The van der Waals surface area contributed by atoms with Crippen LogP contribution >= 0.6 is 0 Å². The molecule has 0 aliphatic heterocycles. The lowest BCUT2D eigenvalue weighted by Crippen LogP contribution is -2.39. The summed E-state index contributed by atoms with van der Waals surface area (Å²) in [7, 11) is 0. The van der Waals surface area contributed by atoms with Gasteiger partial charge in [-0.25, -0.2) is 10.4 Å². The molecule has 4 atom stereocenters. The van der Waals surface area contributed by atoms with Crippen LogP contribution in [0.15, 0.2) is 12.4 Å². The highest BCUT2D eigenvalue weighted by molar-refractivity contribution is 5.03. The molecule has 0 bridgehead atoms. The minimum atomic E-state index is 0.217. The minimum Gasteiger partial charge on any atom is -0.334 e. The number of hydrogen-bond acceptors (Lipinski definition) is 3. The van der Waals surface area contributed by atoms with Crippen molar-refractivity contribution in [3.63, 3.8) is 0 Å².